The molecule has 0 bridgehead atoms. The van der Waals surface area contributed by atoms with Crippen molar-refractivity contribution in [1.82, 2.24) is 14.7 Å². The number of nitrogens with one attached hydrogen (secondary N) is 1. The van der Waals surface area contributed by atoms with Crippen molar-refractivity contribution < 1.29 is 0 Å². The van der Waals surface area contributed by atoms with Gasteiger partial charge in [-0.1, -0.05) is 30.3 Å². The van der Waals surface area contributed by atoms with Crippen molar-refractivity contribution >= 4 is 5.69 Å². The molecule has 1 aliphatic rings. The maximum atomic E-state index is 4.31. The van der Waals surface area contributed by atoms with E-state index < -0.39 is 0 Å². The average molecular weight is 284 g/mol. The van der Waals surface area contributed by atoms with Crippen LogP contribution in [0.3, 0.4) is 0 Å². The lowest BCUT2D eigenvalue weighted by atomic mass is 10.0. The quantitative estimate of drug-likeness (QED) is 0.916. The fourth-order valence-electron chi connectivity index (χ4n) is 2.92. The molecule has 0 atom stereocenters. The Labute approximate surface area is 126 Å². The van der Waals surface area contributed by atoms with Gasteiger partial charge in [0, 0.05) is 38.4 Å². The zero-order valence-corrected chi connectivity index (χ0v) is 12.7. The number of hydrogen-bond acceptors (Lipinski definition) is 3. The molecule has 0 aliphatic carbocycles. The van der Waals surface area contributed by atoms with Gasteiger partial charge in [0.15, 0.2) is 0 Å². The molecule has 1 fully saturated rings. The molecule has 4 nitrogen and oxygen atoms in total. The maximum Gasteiger partial charge on any atom is 0.0728 e. The fraction of sp³-hybridized carbons (Fsp3) is 0.471. The second-order valence-electron chi connectivity index (χ2n) is 5.77. The molecule has 1 N–H and O–H groups in total. The van der Waals surface area contributed by atoms with E-state index in [1.807, 2.05) is 10.9 Å². The second kappa shape index (κ2) is 6.76. The largest absolute Gasteiger partial charge is 0.380 e. The molecule has 3 rings (SSSR count). The van der Waals surface area contributed by atoms with E-state index >= 15 is 0 Å². The van der Waals surface area contributed by atoms with E-state index in [1.165, 1.54) is 18.4 Å². The number of nitrogens with zero attached hydrogens (tertiary/aromatic N) is 3. The highest BCUT2D eigenvalue weighted by Crippen LogP contribution is 2.17. The number of anilines is 1. The lowest BCUT2D eigenvalue weighted by Crippen LogP contribution is -2.38. The van der Waals surface area contributed by atoms with Crippen molar-refractivity contribution in [3.8, 4) is 0 Å². The Morgan fingerprint density at radius 1 is 1.19 bits per heavy atom. The molecule has 1 aromatic heterocycles. The fourth-order valence-corrected chi connectivity index (χ4v) is 2.92. The van der Waals surface area contributed by atoms with Crippen molar-refractivity contribution in [3.63, 3.8) is 0 Å². The van der Waals surface area contributed by atoms with Crippen LogP contribution in [0.4, 0.5) is 5.69 Å². The molecule has 0 radical (unpaired) electrons. The van der Waals surface area contributed by atoms with Gasteiger partial charge < -0.3 is 5.32 Å². The molecule has 0 unspecified atom stereocenters. The molecule has 0 saturated carbocycles. The molecule has 1 aliphatic heterocycles. The maximum absolute atomic E-state index is 4.31. The highest BCUT2D eigenvalue weighted by atomic mass is 15.3. The zero-order valence-electron chi connectivity index (χ0n) is 12.7. The molecular weight excluding hydrogens is 260 g/mol. The summed E-state index contributed by atoms with van der Waals surface area (Å²) in [4.78, 5) is 2.54. The van der Waals surface area contributed by atoms with Gasteiger partial charge in [-0.25, -0.2) is 0 Å². The molecule has 1 saturated heterocycles. The van der Waals surface area contributed by atoms with Gasteiger partial charge in [-0.05, 0) is 25.3 Å². The number of aromatic nitrogens is 2. The molecule has 2 heterocycles. The van der Waals surface area contributed by atoms with Gasteiger partial charge in [0.25, 0.3) is 0 Å². The molecule has 0 amide bonds. The summed E-state index contributed by atoms with van der Waals surface area (Å²) >= 11 is 0. The minimum Gasteiger partial charge on any atom is -0.380 e. The van der Waals surface area contributed by atoms with Gasteiger partial charge in [0.1, 0.15) is 0 Å². The number of hydrogen-bond donors (Lipinski definition) is 1. The minimum absolute atomic E-state index is 0.575. The molecule has 112 valence electrons. The van der Waals surface area contributed by atoms with Gasteiger partial charge in [0.2, 0.25) is 0 Å². The first-order chi connectivity index (χ1) is 10.3. The van der Waals surface area contributed by atoms with Gasteiger partial charge in [-0.15, -0.1) is 0 Å². The monoisotopic (exact) mass is 284 g/mol. The number of likely N-dealkylation sites (tertiary alicyclic amines) is 1. The predicted octanol–water partition coefficient (Wildman–Crippen LogP) is 2.98. The van der Waals surface area contributed by atoms with E-state index in [9.17, 15) is 0 Å². The van der Waals surface area contributed by atoms with Gasteiger partial charge in [0.05, 0.1) is 11.9 Å². The Bertz CT molecular complexity index is 541. The van der Waals surface area contributed by atoms with Crippen molar-refractivity contribution in [3.05, 3.63) is 48.3 Å². The Morgan fingerprint density at radius 3 is 2.62 bits per heavy atom. The van der Waals surface area contributed by atoms with Gasteiger partial charge in [-0.3, -0.25) is 9.58 Å². The third kappa shape index (κ3) is 3.85. The van der Waals surface area contributed by atoms with E-state index in [1.54, 1.807) is 0 Å². The van der Waals surface area contributed by atoms with Crippen LogP contribution in [0.1, 0.15) is 25.3 Å². The van der Waals surface area contributed by atoms with Crippen LogP contribution in [0.5, 0.6) is 0 Å². The van der Waals surface area contributed by atoms with Crippen molar-refractivity contribution in [1.29, 1.82) is 0 Å². The number of piperidine rings is 1. The molecule has 0 spiro atoms. The Hall–Kier alpha value is -1.81. The summed E-state index contributed by atoms with van der Waals surface area (Å²) in [5.41, 5.74) is 2.56. The lowest BCUT2D eigenvalue weighted by molar-refractivity contribution is 0.211. The molecule has 21 heavy (non-hydrogen) atoms. The van der Waals surface area contributed by atoms with E-state index in [-0.39, 0.29) is 0 Å². The summed E-state index contributed by atoms with van der Waals surface area (Å²) < 4.78 is 1.97. The molecular formula is C17H24N4. The zero-order chi connectivity index (χ0) is 14.5. The summed E-state index contributed by atoms with van der Waals surface area (Å²) in [6.07, 6.45) is 6.42. The predicted molar refractivity (Wildman–Crippen MR) is 86.3 cm³/mol. The van der Waals surface area contributed by atoms with Crippen molar-refractivity contribution in [2.45, 2.75) is 38.9 Å². The topological polar surface area (TPSA) is 33.1 Å². The van der Waals surface area contributed by atoms with Crippen LogP contribution in [0, 0.1) is 0 Å². The van der Waals surface area contributed by atoms with Crippen molar-refractivity contribution in [2.24, 2.45) is 0 Å². The van der Waals surface area contributed by atoms with E-state index in [2.05, 4.69) is 58.8 Å². The first-order valence-electron chi connectivity index (χ1n) is 7.89. The summed E-state index contributed by atoms with van der Waals surface area (Å²) in [6.45, 7) is 6.43. The van der Waals surface area contributed by atoms with Crippen LogP contribution in [0.15, 0.2) is 42.7 Å². The summed E-state index contributed by atoms with van der Waals surface area (Å²) in [6, 6.07) is 11.3. The summed E-state index contributed by atoms with van der Waals surface area (Å²) in [7, 11) is 0. The summed E-state index contributed by atoms with van der Waals surface area (Å²) in [5.74, 6) is 0. The van der Waals surface area contributed by atoms with E-state index in [0.717, 1.165) is 31.9 Å². The first kappa shape index (κ1) is 14.1. The molecule has 1 aromatic carbocycles. The van der Waals surface area contributed by atoms with E-state index in [0.29, 0.717) is 6.04 Å². The lowest BCUT2D eigenvalue weighted by Gasteiger charge is -2.32. The minimum atomic E-state index is 0.575. The van der Waals surface area contributed by atoms with Gasteiger partial charge in [-0.2, -0.15) is 5.10 Å². The van der Waals surface area contributed by atoms with Gasteiger partial charge >= 0.3 is 0 Å². The van der Waals surface area contributed by atoms with Crippen LogP contribution < -0.4 is 5.32 Å². The van der Waals surface area contributed by atoms with Crippen molar-refractivity contribution in [2.75, 3.05) is 18.4 Å². The van der Waals surface area contributed by atoms with Crippen LogP contribution in [-0.2, 0) is 13.1 Å². The third-order valence-corrected chi connectivity index (χ3v) is 4.16. The Kier molecular flexibility index (Phi) is 4.55. The van der Waals surface area contributed by atoms with Crippen LogP contribution in [0.2, 0.25) is 0 Å². The number of rotatable bonds is 5. The summed E-state index contributed by atoms with van der Waals surface area (Å²) in [5, 5.41) is 7.92. The van der Waals surface area contributed by atoms with Crippen LogP contribution >= 0.6 is 0 Å². The third-order valence-electron chi connectivity index (χ3n) is 4.16. The van der Waals surface area contributed by atoms with Crippen LogP contribution in [-0.4, -0.2) is 33.8 Å². The first-order valence-corrected chi connectivity index (χ1v) is 7.89. The SMILES string of the molecule is CCn1cc(NC2CCN(Cc3ccccc3)CC2)cn1. The Morgan fingerprint density at radius 2 is 1.95 bits per heavy atom. The normalized spacial score (nSPS) is 17.0. The molecule has 4 heteroatoms. The highest BCUT2D eigenvalue weighted by Gasteiger charge is 2.19. The standard InChI is InChI=1S/C17H24N4/c1-2-21-14-17(12-18-21)19-16-8-10-20(11-9-16)13-15-6-4-3-5-7-15/h3-7,12,14,16,19H,2,8-11,13H2,1H3. The average Bonchev–Trinajstić information content (AvgIpc) is 2.98. The smallest absolute Gasteiger partial charge is 0.0728 e. The second-order valence-corrected chi connectivity index (χ2v) is 5.77. The Balaban J connectivity index is 1.46. The highest BCUT2D eigenvalue weighted by molar-refractivity contribution is 5.39. The van der Waals surface area contributed by atoms with Crippen LogP contribution in [0.25, 0.3) is 0 Å². The van der Waals surface area contributed by atoms with E-state index in [4.69, 9.17) is 0 Å². The number of aryl methyl sites for hydroxylation is 1. The molecule has 2 aromatic rings. The number of benzene rings is 1.